The number of hydrogen-bond donors (Lipinski definition) is 2. The molecule has 0 aliphatic carbocycles. The summed E-state index contributed by atoms with van der Waals surface area (Å²) in [7, 11) is -1.89. The zero-order valence-corrected chi connectivity index (χ0v) is 28.5. The van der Waals surface area contributed by atoms with Crippen LogP contribution in [-0.2, 0) is 39.7 Å². The summed E-state index contributed by atoms with van der Waals surface area (Å²) < 4.78 is 21.9. The van der Waals surface area contributed by atoms with Gasteiger partial charge in [-0.2, -0.15) is 0 Å². The molecule has 0 spiro atoms. The molecule has 1 aliphatic heterocycles. The number of rotatable bonds is 15. The monoisotopic (exact) mass is 633 g/mol. The largest absolute Gasteiger partial charge is 0.463 e. The third-order valence-electron chi connectivity index (χ3n) is 8.16. The summed E-state index contributed by atoms with van der Waals surface area (Å²) in [6.07, 6.45) is 3.11. The Morgan fingerprint density at radius 3 is 2.23 bits per heavy atom. The number of amidine groups is 1. The van der Waals surface area contributed by atoms with Crippen molar-refractivity contribution in [1.82, 2.24) is 10.4 Å². The lowest BCUT2D eigenvalue weighted by Gasteiger charge is -2.41. The summed E-state index contributed by atoms with van der Waals surface area (Å²) in [5, 5.41) is 13.4. The van der Waals surface area contributed by atoms with E-state index >= 15 is 0 Å². The third kappa shape index (κ3) is 11.0. The standard InChI is InChI=1S/C32H51N3O8Si/c1-8-39-27(36)23-26(28(37)40-9-2)43-35(30(38)41-24-25-15-11-10-12-16-25)29(33)32(18-20-34-21-19-32)17-13-14-22-42-44(6,7)31(3,4)5/h10-12,15-16,23,33-34H,8-9,13-14,17-22,24H2,1-7H3/b26-23+,33-29?. The maximum atomic E-state index is 13.6. The van der Waals surface area contributed by atoms with E-state index in [0.717, 1.165) is 24.5 Å². The first-order chi connectivity index (χ1) is 20.8. The van der Waals surface area contributed by atoms with Gasteiger partial charge in [-0.25, -0.2) is 14.4 Å². The minimum absolute atomic E-state index is 0.00478. The van der Waals surface area contributed by atoms with Crippen molar-refractivity contribution >= 4 is 32.2 Å². The highest BCUT2D eigenvalue weighted by Gasteiger charge is 2.43. The van der Waals surface area contributed by atoms with Crippen molar-refractivity contribution in [2.45, 2.75) is 91.5 Å². The van der Waals surface area contributed by atoms with E-state index in [1.807, 2.05) is 18.2 Å². The van der Waals surface area contributed by atoms with Gasteiger partial charge in [0.2, 0.25) is 5.76 Å². The molecular formula is C32H51N3O8Si. The molecule has 1 amide bonds. The molecule has 246 valence electrons. The molecule has 1 saturated heterocycles. The molecule has 0 radical (unpaired) electrons. The first-order valence-electron chi connectivity index (χ1n) is 15.4. The molecule has 1 heterocycles. The van der Waals surface area contributed by atoms with E-state index in [9.17, 15) is 19.8 Å². The second-order valence-electron chi connectivity index (χ2n) is 12.4. The third-order valence-corrected chi connectivity index (χ3v) is 12.7. The van der Waals surface area contributed by atoms with Crippen LogP contribution in [0.25, 0.3) is 0 Å². The van der Waals surface area contributed by atoms with Gasteiger partial charge in [0.05, 0.1) is 19.3 Å². The molecule has 2 N–H and O–H groups in total. The van der Waals surface area contributed by atoms with Gasteiger partial charge in [-0.15, -0.1) is 0 Å². The Morgan fingerprint density at radius 1 is 1.00 bits per heavy atom. The fraction of sp³-hybridized carbons (Fsp3) is 0.625. The minimum atomic E-state index is -1.89. The van der Waals surface area contributed by atoms with Crippen molar-refractivity contribution in [2.75, 3.05) is 32.9 Å². The number of carbonyl (C=O) groups excluding carboxylic acids is 3. The predicted molar refractivity (Wildman–Crippen MR) is 170 cm³/mol. The van der Waals surface area contributed by atoms with E-state index in [2.05, 4.69) is 39.2 Å². The number of unbranched alkanes of at least 4 members (excludes halogenated alkanes) is 1. The van der Waals surface area contributed by atoms with Crippen molar-refractivity contribution in [2.24, 2.45) is 5.41 Å². The zero-order valence-electron chi connectivity index (χ0n) is 27.5. The highest BCUT2D eigenvalue weighted by molar-refractivity contribution is 6.74. The second kappa shape index (κ2) is 17.3. The minimum Gasteiger partial charge on any atom is -0.463 e. The van der Waals surface area contributed by atoms with Crippen LogP contribution < -0.4 is 5.32 Å². The molecule has 12 heteroatoms. The van der Waals surface area contributed by atoms with Gasteiger partial charge in [0.15, 0.2) is 14.2 Å². The summed E-state index contributed by atoms with van der Waals surface area (Å²) in [6, 6.07) is 9.09. The molecule has 1 aromatic carbocycles. The molecule has 1 aliphatic rings. The van der Waals surface area contributed by atoms with Gasteiger partial charge in [-0.05, 0) is 76.3 Å². The van der Waals surface area contributed by atoms with E-state index < -0.39 is 37.5 Å². The number of benzene rings is 1. The summed E-state index contributed by atoms with van der Waals surface area (Å²) >= 11 is 0. The maximum Gasteiger partial charge on any atom is 0.449 e. The lowest BCUT2D eigenvalue weighted by atomic mass is 9.73. The smallest absolute Gasteiger partial charge is 0.449 e. The van der Waals surface area contributed by atoms with Crippen molar-refractivity contribution in [3.63, 3.8) is 0 Å². The van der Waals surface area contributed by atoms with Crippen LogP contribution in [0.4, 0.5) is 4.79 Å². The average Bonchev–Trinajstić information content (AvgIpc) is 2.98. The average molecular weight is 634 g/mol. The molecule has 44 heavy (non-hydrogen) atoms. The van der Waals surface area contributed by atoms with Gasteiger partial charge in [-0.3, -0.25) is 5.41 Å². The summed E-state index contributed by atoms with van der Waals surface area (Å²) in [6.45, 7) is 16.2. The topological polar surface area (TPSA) is 136 Å². The Labute approximate surface area is 263 Å². The van der Waals surface area contributed by atoms with E-state index in [1.165, 1.54) is 0 Å². The van der Waals surface area contributed by atoms with Crippen LogP contribution in [0.5, 0.6) is 0 Å². The number of nitrogens with one attached hydrogen (secondary N) is 2. The van der Waals surface area contributed by atoms with Gasteiger partial charge in [0.25, 0.3) is 0 Å². The van der Waals surface area contributed by atoms with E-state index in [-0.39, 0.29) is 30.7 Å². The molecular weight excluding hydrogens is 582 g/mol. The number of hydrogen-bond acceptors (Lipinski definition) is 10. The molecule has 0 saturated carbocycles. The molecule has 1 aromatic rings. The summed E-state index contributed by atoms with van der Waals surface area (Å²) in [5.41, 5.74) is -0.0177. The van der Waals surface area contributed by atoms with E-state index in [1.54, 1.807) is 26.0 Å². The van der Waals surface area contributed by atoms with Crippen molar-refractivity contribution in [3.05, 3.63) is 47.7 Å². The first-order valence-corrected chi connectivity index (χ1v) is 18.3. The van der Waals surface area contributed by atoms with Crippen LogP contribution in [0, 0.1) is 10.8 Å². The van der Waals surface area contributed by atoms with Crippen LogP contribution in [0.2, 0.25) is 18.1 Å². The first kappa shape index (κ1) is 37.0. The Kier molecular flexibility index (Phi) is 14.5. The van der Waals surface area contributed by atoms with Gasteiger partial charge < -0.3 is 28.8 Å². The highest BCUT2D eigenvalue weighted by Crippen LogP contribution is 2.39. The molecule has 0 atom stereocenters. The Morgan fingerprint density at radius 2 is 1.64 bits per heavy atom. The fourth-order valence-corrected chi connectivity index (χ4v) is 5.59. The van der Waals surface area contributed by atoms with E-state index in [4.69, 9.17) is 23.5 Å². The molecule has 0 aromatic heterocycles. The van der Waals surface area contributed by atoms with Crippen LogP contribution in [-0.4, -0.2) is 70.2 Å². The molecule has 11 nitrogen and oxygen atoms in total. The van der Waals surface area contributed by atoms with Gasteiger partial charge in [0, 0.05) is 12.0 Å². The van der Waals surface area contributed by atoms with Gasteiger partial charge in [0.1, 0.15) is 6.61 Å². The molecule has 0 bridgehead atoms. The Bertz CT molecular complexity index is 1130. The quantitative estimate of drug-likeness (QED) is 0.0270. The predicted octanol–water partition coefficient (Wildman–Crippen LogP) is 6.11. The maximum absolute atomic E-state index is 13.6. The SMILES string of the molecule is CCOC(=O)/C=C(/ON(C(=N)C1(CCCCO[Si](C)(C)C(C)(C)C)CCNCC1)C(=O)OCc1ccccc1)C(=O)OCC. The number of nitrogens with zero attached hydrogens (tertiary/aromatic N) is 1. The zero-order chi connectivity index (χ0) is 32.8. The number of amides is 1. The van der Waals surface area contributed by atoms with Crippen LogP contribution in [0.1, 0.15) is 72.3 Å². The summed E-state index contributed by atoms with van der Waals surface area (Å²) in [4.78, 5) is 44.4. The van der Waals surface area contributed by atoms with Crippen LogP contribution in [0.15, 0.2) is 42.2 Å². The van der Waals surface area contributed by atoms with Crippen molar-refractivity contribution in [3.8, 4) is 0 Å². The number of piperidine rings is 1. The molecule has 1 fully saturated rings. The van der Waals surface area contributed by atoms with E-state index in [0.29, 0.717) is 44.0 Å². The lowest BCUT2D eigenvalue weighted by molar-refractivity contribution is -0.151. The Hall–Kier alpha value is -3.22. The molecule has 2 rings (SSSR count). The van der Waals surface area contributed by atoms with Gasteiger partial charge in [-0.1, -0.05) is 62.6 Å². The van der Waals surface area contributed by atoms with Crippen molar-refractivity contribution < 1.29 is 37.9 Å². The van der Waals surface area contributed by atoms with Crippen LogP contribution in [0.3, 0.4) is 0 Å². The van der Waals surface area contributed by atoms with Crippen molar-refractivity contribution in [1.29, 1.82) is 5.41 Å². The Balaban J connectivity index is 2.34. The second-order valence-corrected chi connectivity index (χ2v) is 17.2. The number of ether oxygens (including phenoxy) is 3. The number of esters is 2. The fourth-order valence-electron chi connectivity index (χ4n) is 4.50. The number of carbonyl (C=O) groups is 3. The lowest BCUT2D eigenvalue weighted by Crippen LogP contribution is -2.51. The van der Waals surface area contributed by atoms with Crippen LogP contribution >= 0.6 is 0 Å². The summed E-state index contributed by atoms with van der Waals surface area (Å²) in [5.74, 6) is -2.56. The number of hydroxylamine groups is 2. The highest BCUT2D eigenvalue weighted by atomic mass is 28.4. The van der Waals surface area contributed by atoms with Gasteiger partial charge >= 0.3 is 18.0 Å². The normalized spacial score (nSPS) is 15.2. The molecule has 0 unspecified atom stereocenters.